The normalized spacial score (nSPS) is 9.78. The van der Waals surface area contributed by atoms with E-state index in [1.54, 1.807) is 60.7 Å². The number of anilines is 2. The molecule has 0 atom stereocenters. The highest BCUT2D eigenvalue weighted by atomic mass is 32.1. The summed E-state index contributed by atoms with van der Waals surface area (Å²) in [4.78, 5) is 3.86. The molecule has 1 heterocycles. The van der Waals surface area contributed by atoms with Crippen molar-refractivity contribution in [2.24, 2.45) is 0 Å². The number of hydrogen-bond donors (Lipinski definition) is 0. The minimum Gasteiger partial charge on any atom is -0.378 e. The van der Waals surface area contributed by atoms with Crippen molar-refractivity contribution in [3.05, 3.63) is 163 Å². The molecule has 296 valence electrons. The van der Waals surface area contributed by atoms with Crippen molar-refractivity contribution in [2.45, 2.75) is 0 Å². The molecule has 5 aromatic carbocycles. The van der Waals surface area contributed by atoms with Gasteiger partial charge in [-0.2, -0.15) is 50.8 Å². The predicted octanol–water partition coefficient (Wildman–Crippen LogP) is 5.62. The first-order valence-corrected chi connectivity index (χ1v) is 19.5. The molecule has 12 nitrogen and oxygen atoms in total. The Kier molecular flexibility index (Phi) is 13.0. The Hall–Kier alpha value is -9.60. The molecular formula is C50H30N12S. The van der Waals surface area contributed by atoms with Crippen molar-refractivity contribution in [1.29, 1.82) is 42.1 Å². The third-order valence-corrected chi connectivity index (χ3v) is 10.6. The molecule has 0 unspecified atom stereocenters. The van der Waals surface area contributed by atoms with Gasteiger partial charge >= 0.3 is 0 Å². The standard InChI is InChI=1S/C50H30N12S/c1-61(2)41-17-13-35(14-18-41)45(33-9-5-31(6-10-33)37(23-51)24-52)47(39(27-55)28-56)43-21-22-44(50-49(43)59-63-60-50)48(40(29-57)30-58)46(36-15-19-42(20-16-36)62(3)4)34-11-7-32(8-12-34)38(25-53)26-54/h5-22H,1-4H3. The molecule has 0 bridgehead atoms. The quantitative estimate of drug-likeness (QED) is 0.171. The largest absolute Gasteiger partial charge is 0.378 e. The summed E-state index contributed by atoms with van der Waals surface area (Å²) in [6, 6.07) is 47.8. The van der Waals surface area contributed by atoms with Crippen LogP contribution in [0.3, 0.4) is 0 Å². The van der Waals surface area contributed by atoms with E-state index >= 15 is 0 Å². The summed E-state index contributed by atoms with van der Waals surface area (Å²) in [5.74, 6) is 0. The van der Waals surface area contributed by atoms with E-state index in [2.05, 4.69) is 24.3 Å². The van der Waals surface area contributed by atoms with Crippen molar-refractivity contribution in [3.8, 4) is 48.6 Å². The number of hydrogen-bond acceptors (Lipinski definition) is 13. The van der Waals surface area contributed by atoms with Crippen LogP contribution in [0, 0.1) is 90.6 Å². The number of benzene rings is 5. The molecule has 0 fully saturated rings. The zero-order valence-electron chi connectivity index (χ0n) is 34.2. The number of nitriles is 8. The second kappa shape index (κ2) is 19.0. The fourth-order valence-corrected chi connectivity index (χ4v) is 7.58. The lowest BCUT2D eigenvalue weighted by atomic mass is 9.83. The third-order valence-electron chi connectivity index (χ3n) is 10.1. The second-order valence-corrected chi connectivity index (χ2v) is 14.6. The van der Waals surface area contributed by atoms with Crippen LogP contribution in [0.1, 0.15) is 22.3 Å². The summed E-state index contributed by atoms with van der Waals surface area (Å²) in [6.07, 6.45) is 0. The second-order valence-electron chi connectivity index (χ2n) is 14.1. The van der Waals surface area contributed by atoms with Gasteiger partial charge in [-0.15, -0.1) is 0 Å². The molecule has 13 heteroatoms. The number of aromatic nitrogens is 2. The molecular weight excluding hydrogens is 801 g/mol. The van der Waals surface area contributed by atoms with Gasteiger partial charge in [-0.25, -0.2) is 0 Å². The fraction of sp³-hybridized carbons (Fsp3) is 0.0800. The Morgan fingerprint density at radius 1 is 0.397 bits per heavy atom. The molecule has 0 N–H and O–H groups in total. The molecule has 0 aliphatic carbocycles. The van der Waals surface area contributed by atoms with Gasteiger partial charge in [0.2, 0.25) is 0 Å². The molecule has 0 aliphatic rings. The van der Waals surface area contributed by atoms with Gasteiger partial charge in [-0.1, -0.05) is 84.9 Å². The zero-order valence-corrected chi connectivity index (χ0v) is 35.0. The van der Waals surface area contributed by atoms with Crippen LogP contribution >= 0.6 is 11.7 Å². The summed E-state index contributed by atoms with van der Waals surface area (Å²) in [7, 11) is 7.61. The van der Waals surface area contributed by atoms with Crippen LogP contribution in [0.2, 0.25) is 0 Å². The SMILES string of the molecule is CN(C)c1ccc(C(C(=C(C#N)C#N)c2ccc(C(=C(C#N)C#N)C(c3ccc(N(C)C)cc3)=c3ccc(=C(C#N)C#N)cc3)c3nsnc23)=c2ccc(=C(C#N)C#N)cc2)cc1. The maximum absolute atomic E-state index is 10.6. The van der Waals surface area contributed by atoms with Crippen LogP contribution in [-0.4, -0.2) is 36.9 Å². The van der Waals surface area contributed by atoms with Crippen LogP contribution in [-0.2, 0) is 0 Å². The highest BCUT2D eigenvalue weighted by molar-refractivity contribution is 7.00. The minimum atomic E-state index is -0.237. The first-order chi connectivity index (χ1) is 30.6. The van der Waals surface area contributed by atoms with E-state index in [0.29, 0.717) is 54.3 Å². The Morgan fingerprint density at radius 2 is 0.698 bits per heavy atom. The van der Waals surface area contributed by atoms with E-state index in [9.17, 15) is 42.1 Å². The van der Waals surface area contributed by atoms with Gasteiger partial charge in [0.25, 0.3) is 0 Å². The van der Waals surface area contributed by atoms with E-state index in [1.807, 2.05) is 111 Å². The summed E-state index contributed by atoms with van der Waals surface area (Å²) in [6.45, 7) is 0. The molecule has 0 aliphatic heterocycles. The zero-order chi connectivity index (χ0) is 45.2. The molecule has 0 spiro atoms. The molecule has 6 aromatic rings. The van der Waals surface area contributed by atoms with E-state index in [0.717, 1.165) is 23.1 Å². The Morgan fingerprint density at radius 3 is 0.968 bits per heavy atom. The summed E-state index contributed by atoms with van der Waals surface area (Å²) in [5.41, 5.74) is 5.15. The summed E-state index contributed by atoms with van der Waals surface area (Å²) < 4.78 is 9.42. The molecule has 63 heavy (non-hydrogen) atoms. The van der Waals surface area contributed by atoms with E-state index in [1.165, 1.54) is 0 Å². The Balaban J connectivity index is 1.75. The first-order valence-electron chi connectivity index (χ1n) is 18.8. The van der Waals surface area contributed by atoms with Gasteiger partial charge in [-0.3, -0.25) is 0 Å². The van der Waals surface area contributed by atoms with E-state index in [-0.39, 0.29) is 44.5 Å². The van der Waals surface area contributed by atoms with Crippen LogP contribution < -0.4 is 30.7 Å². The van der Waals surface area contributed by atoms with Crippen LogP contribution in [0.25, 0.3) is 44.5 Å². The molecule has 0 saturated heterocycles. The maximum Gasteiger partial charge on any atom is 0.138 e. The van der Waals surface area contributed by atoms with Crippen molar-refractivity contribution >= 4 is 67.6 Å². The highest BCUT2D eigenvalue weighted by Gasteiger charge is 2.26. The van der Waals surface area contributed by atoms with Crippen molar-refractivity contribution < 1.29 is 0 Å². The van der Waals surface area contributed by atoms with Crippen LogP contribution in [0.5, 0.6) is 0 Å². The lowest BCUT2D eigenvalue weighted by Crippen LogP contribution is -2.15. The topological polar surface area (TPSA) is 223 Å². The summed E-state index contributed by atoms with van der Waals surface area (Å²) >= 11 is 0.873. The fourth-order valence-electron chi connectivity index (χ4n) is 7.01. The molecule has 1 aromatic heterocycles. The average molecular weight is 831 g/mol. The monoisotopic (exact) mass is 830 g/mol. The van der Waals surface area contributed by atoms with Crippen molar-refractivity contribution in [2.75, 3.05) is 38.0 Å². The van der Waals surface area contributed by atoms with E-state index < -0.39 is 0 Å². The van der Waals surface area contributed by atoms with Crippen LogP contribution in [0.4, 0.5) is 11.4 Å². The smallest absolute Gasteiger partial charge is 0.138 e. The van der Waals surface area contributed by atoms with Gasteiger partial charge in [0.05, 0.1) is 11.7 Å². The van der Waals surface area contributed by atoms with Crippen molar-refractivity contribution in [3.63, 3.8) is 0 Å². The maximum atomic E-state index is 10.6. The Labute approximate surface area is 367 Å². The Bertz CT molecular complexity index is 3190. The number of rotatable bonds is 8. The first kappa shape index (κ1) is 43.0. The van der Waals surface area contributed by atoms with Gasteiger partial charge in [0, 0.05) is 72.3 Å². The van der Waals surface area contributed by atoms with E-state index in [4.69, 9.17) is 8.75 Å². The number of allylic oxidation sites excluding steroid dienone is 4. The number of fused-ring (bicyclic) bond motifs is 1. The molecule has 0 saturated carbocycles. The van der Waals surface area contributed by atoms with Gasteiger partial charge in [0.1, 0.15) is 81.9 Å². The van der Waals surface area contributed by atoms with Crippen molar-refractivity contribution in [1.82, 2.24) is 8.75 Å². The molecule has 6 rings (SSSR count). The average Bonchev–Trinajstić information content (AvgIpc) is 3.81. The number of nitrogens with zero attached hydrogens (tertiary/aromatic N) is 12. The third kappa shape index (κ3) is 8.46. The lowest BCUT2D eigenvalue weighted by molar-refractivity contribution is 1.13. The van der Waals surface area contributed by atoms with Crippen LogP contribution in [0.15, 0.2) is 120 Å². The lowest BCUT2D eigenvalue weighted by Gasteiger charge is -2.19. The summed E-state index contributed by atoms with van der Waals surface area (Å²) in [5, 5.41) is 82.5. The van der Waals surface area contributed by atoms with Gasteiger partial charge < -0.3 is 9.80 Å². The van der Waals surface area contributed by atoms with Gasteiger partial charge in [-0.05, 0) is 57.0 Å². The minimum absolute atomic E-state index is 0.0825. The molecule has 0 radical (unpaired) electrons. The predicted molar refractivity (Wildman–Crippen MR) is 241 cm³/mol. The van der Waals surface area contributed by atoms with Gasteiger partial charge in [0.15, 0.2) is 0 Å². The molecule has 0 amide bonds. The highest BCUT2D eigenvalue weighted by Crippen LogP contribution is 2.41.